The summed E-state index contributed by atoms with van der Waals surface area (Å²) < 4.78 is 6.43. The molecule has 0 aliphatic carbocycles. The number of halogens is 3. The topological polar surface area (TPSA) is 191 Å². The quantitative estimate of drug-likeness (QED) is 0.138. The summed E-state index contributed by atoms with van der Waals surface area (Å²) in [6.07, 6.45) is -1.07. The lowest BCUT2D eigenvalue weighted by Gasteiger charge is -2.23. The normalized spacial score (nSPS) is 12.1. The van der Waals surface area contributed by atoms with Crippen molar-refractivity contribution < 1.29 is 39.5 Å². The molecular formula is C17H22I3N3O8. The van der Waals surface area contributed by atoms with Crippen LogP contribution in [0.1, 0.15) is 27.6 Å². The maximum absolute atomic E-state index is 12.9. The van der Waals surface area contributed by atoms with E-state index in [4.69, 9.17) is 10.5 Å². The molecule has 1 unspecified atom stereocenters. The molecule has 0 radical (unpaired) electrons. The summed E-state index contributed by atoms with van der Waals surface area (Å²) >= 11 is 5.46. The van der Waals surface area contributed by atoms with Crippen LogP contribution in [-0.2, 0) is 4.79 Å². The smallest absolute Gasteiger partial charge is 0.258 e. The molecule has 1 rings (SSSR count). The zero-order valence-corrected chi connectivity index (χ0v) is 22.7. The van der Waals surface area contributed by atoms with Crippen LogP contribution in [0.5, 0.6) is 5.75 Å². The van der Waals surface area contributed by atoms with Crippen molar-refractivity contribution in [2.75, 3.05) is 26.4 Å². The number of nitrogens with two attached hydrogens (primary N) is 1. The van der Waals surface area contributed by atoms with Crippen LogP contribution in [0.2, 0.25) is 0 Å². The lowest BCUT2D eigenvalue weighted by molar-refractivity contribution is -0.124. The Hall–Kier alpha value is -0.540. The van der Waals surface area contributed by atoms with Gasteiger partial charge in [0.15, 0.2) is 6.10 Å². The number of carbonyl (C=O) groups excluding carboxylic acids is 3. The highest BCUT2D eigenvalue weighted by Crippen LogP contribution is 2.38. The molecule has 3 amide bonds. The van der Waals surface area contributed by atoms with E-state index >= 15 is 0 Å². The second-order valence-corrected chi connectivity index (χ2v) is 9.49. The van der Waals surface area contributed by atoms with Crippen LogP contribution >= 0.6 is 67.8 Å². The van der Waals surface area contributed by atoms with Gasteiger partial charge in [0, 0.05) is 3.57 Å². The summed E-state index contributed by atoms with van der Waals surface area (Å²) in [4.78, 5) is 37.3. The van der Waals surface area contributed by atoms with Crippen molar-refractivity contribution in [2.24, 2.45) is 5.73 Å². The lowest BCUT2D eigenvalue weighted by atomic mass is 10.1. The van der Waals surface area contributed by atoms with Crippen molar-refractivity contribution in [3.05, 3.63) is 21.8 Å². The van der Waals surface area contributed by atoms with Gasteiger partial charge >= 0.3 is 0 Å². The average molecular weight is 777 g/mol. The van der Waals surface area contributed by atoms with Gasteiger partial charge in [-0.2, -0.15) is 0 Å². The number of hydrogen-bond acceptors (Lipinski definition) is 8. The zero-order chi connectivity index (χ0) is 23.9. The number of primary amides is 1. The highest BCUT2D eigenvalue weighted by atomic mass is 127. The fourth-order valence-corrected chi connectivity index (χ4v) is 6.59. The van der Waals surface area contributed by atoms with Crippen molar-refractivity contribution in [3.63, 3.8) is 0 Å². The molecule has 174 valence electrons. The van der Waals surface area contributed by atoms with E-state index in [1.807, 2.05) is 45.2 Å². The number of hydrogen-bond donors (Lipinski definition) is 7. The predicted molar refractivity (Wildman–Crippen MR) is 135 cm³/mol. The number of amides is 3. The summed E-state index contributed by atoms with van der Waals surface area (Å²) in [6.45, 7) is -0.630. The zero-order valence-electron chi connectivity index (χ0n) is 16.2. The van der Waals surface area contributed by atoms with Crippen LogP contribution in [0, 0.1) is 10.7 Å². The Balaban J connectivity index is 3.66. The number of carbonyl (C=O) groups is 3. The van der Waals surface area contributed by atoms with Crippen LogP contribution in [-0.4, -0.2) is 82.8 Å². The van der Waals surface area contributed by atoms with E-state index in [0.29, 0.717) is 0 Å². The number of ether oxygens (including phenoxy) is 1. The number of nitrogens with one attached hydrogen (secondary N) is 2. The Morgan fingerprint density at radius 1 is 0.839 bits per heavy atom. The molecule has 0 bridgehead atoms. The Labute approximate surface area is 218 Å². The lowest BCUT2D eigenvalue weighted by Crippen LogP contribution is -2.42. The maximum Gasteiger partial charge on any atom is 0.258 e. The minimum atomic E-state index is -1.07. The van der Waals surface area contributed by atoms with Gasteiger partial charge in [0.1, 0.15) is 5.75 Å². The van der Waals surface area contributed by atoms with E-state index in [-0.39, 0.29) is 27.6 Å². The molecular weight excluding hydrogens is 755 g/mol. The summed E-state index contributed by atoms with van der Waals surface area (Å²) in [7, 11) is 0. The molecule has 11 nitrogen and oxygen atoms in total. The van der Waals surface area contributed by atoms with Gasteiger partial charge in [-0.05, 0) is 74.7 Å². The molecule has 1 atom stereocenters. The van der Waals surface area contributed by atoms with E-state index in [9.17, 15) is 34.8 Å². The van der Waals surface area contributed by atoms with E-state index in [0.717, 1.165) is 0 Å². The monoisotopic (exact) mass is 777 g/mol. The van der Waals surface area contributed by atoms with E-state index < -0.39 is 62.3 Å². The number of aliphatic hydroxyl groups is 4. The van der Waals surface area contributed by atoms with Crippen molar-refractivity contribution in [1.29, 1.82) is 0 Å². The van der Waals surface area contributed by atoms with Gasteiger partial charge in [-0.25, -0.2) is 0 Å². The highest BCUT2D eigenvalue weighted by Gasteiger charge is 2.31. The molecule has 1 aromatic rings. The molecule has 31 heavy (non-hydrogen) atoms. The Kier molecular flexibility index (Phi) is 12.2. The number of aliphatic hydroxyl groups excluding tert-OH is 4. The molecule has 0 saturated heterocycles. The summed E-state index contributed by atoms with van der Waals surface area (Å²) in [5, 5.41) is 42.0. The summed E-state index contributed by atoms with van der Waals surface area (Å²) in [5.74, 6) is -2.07. The van der Waals surface area contributed by atoms with Crippen LogP contribution < -0.4 is 21.1 Å². The second kappa shape index (κ2) is 13.2. The highest BCUT2D eigenvalue weighted by molar-refractivity contribution is 14.1. The van der Waals surface area contributed by atoms with Gasteiger partial charge in [-0.15, -0.1) is 0 Å². The van der Waals surface area contributed by atoms with Crippen molar-refractivity contribution >= 4 is 85.5 Å². The third-order valence-electron chi connectivity index (χ3n) is 3.98. The minimum Gasteiger partial charge on any atom is -0.479 e. The first-order chi connectivity index (χ1) is 14.5. The van der Waals surface area contributed by atoms with E-state index in [1.54, 1.807) is 22.6 Å². The minimum absolute atomic E-state index is 0.0230. The summed E-state index contributed by atoms with van der Waals surface area (Å²) in [6, 6.07) is -1.87. The first kappa shape index (κ1) is 28.5. The van der Waals surface area contributed by atoms with E-state index in [1.165, 1.54) is 6.92 Å². The first-order valence-corrected chi connectivity index (χ1v) is 12.0. The van der Waals surface area contributed by atoms with Gasteiger partial charge in [0.25, 0.3) is 17.7 Å². The van der Waals surface area contributed by atoms with Crippen LogP contribution in [0.3, 0.4) is 0 Å². The Bertz CT molecular complexity index is 778. The van der Waals surface area contributed by atoms with Crippen molar-refractivity contribution in [2.45, 2.75) is 25.1 Å². The van der Waals surface area contributed by atoms with Crippen LogP contribution in [0.25, 0.3) is 0 Å². The molecule has 0 aromatic heterocycles. The van der Waals surface area contributed by atoms with Gasteiger partial charge in [-0.3, -0.25) is 14.4 Å². The Morgan fingerprint density at radius 3 is 1.48 bits per heavy atom. The molecule has 0 aliphatic rings. The van der Waals surface area contributed by atoms with Crippen molar-refractivity contribution in [1.82, 2.24) is 10.6 Å². The number of rotatable bonds is 11. The molecule has 0 spiro atoms. The third-order valence-corrected chi connectivity index (χ3v) is 7.12. The fourth-order valence-electron chi connectivity index (χ4n) is 2.19. The van der Waals surface area contributed by atoms with Crippen LogP contribution in [0.15, 0.2) is 0 Å². The first-order valence-electron chi connectivity index (χ1n) is 8.75. The molecule has 0 saturated carbocycles. The standard InChI is InChI=1S/C17H22I3N3O8/c1-6(15(21)28)31-14-12(19)9(16(29)22-7(2-24)3-25)11(18)10(13(14)20)17(30)23-8(4-26)5-27/h6-8,24-27H,2-5H2,1H3,(H2,21,28)(H,22,29)(H,23,30). The van der Waals surface area contributed by atoms with Gasteiger partial charge in [-0.1, -0.05) is 0 Å². The SMILES string of the molecule is CC(Oc1c(I)c(C(=O)NC(CO)CO)c(I)c(C(=O)NC(CO)CO)c1I)C(N)=O. The second-order valence-electron chi connectivity index (χ2n) is 6.25. The summed E-state index contributed by atoms with van der Waals surface area (Å²) in [5.41, 5.74) is 5.32. The number of benzene rings is 1. The molecule has 8 N–H and O–H groups in total. The maximum atomic E-state index is 12.9. The molecule has 0 aliphatic heterocycles. The Morgan fingerprint density at radius 2 is 1.19 bits per heavy atom. The van der Waals surface area contributed by atoms with Gasteiger partial charge < -0.3 is 41.5 Å². The third kappa shape index (κ3) is 7.22. The van der Waals surface area contributed by atoms with Crippen LogP contribution in [0.4, 0.5) is 0 Å². The molecule has 1 aromatic carbocycles. The molecule has 0 heterocycles. The predicted octanol–water partition coefficient (Wildman–Crippen LogP) is -1.08. The molecule has 0 fully saturated rings. The average Bonchev–Trinajstić information content (AvgIpc) is 2.72. The van der Waals surface area contributed by atoms with Crippen molar-refractivity contribution in [3.8, 4) is 5.75 Å². The fraction of sp³-hybridized carbons (Fsp3) is 0.471. The van der Waals surface area contributed by atoms with E-state index in [2.05, 4.69) is 10.6 Å². The largest absolute Gasteiger partial charge is 0.479 e. The van der Waals surface area contributed by atoms with Gasteiger partial charge in [0.05, 0.1) is 56.8 Å². The van der Waals surface area contributed by atoms with Gasteiger partial charge in [0.2, 0.25) is 0 Å². The molecule has 14 heteroatoms.